The molecule has 0 saturated heterocycles. The molecule has 1 aromatic heterocycles. The molecule has 0 fully saturated rings. The van der Waals surface area contributed by atoms with Crippen molar-refractivity contribution in [1.29, 1.82) is 0 Å². The van der Waals surface area contributed by atoms with Crippen LogP contribution in [-0.2, 0) is 0 Å². The van der Waals surface area contributed by atoms with Gasteiger partial charge in [0.25, 0.3) is 5.91 Å². The number of anilines is 3. The molecule has 0 spiro atoms. The Bertz CT molecular complexity index is 870. The van der Waals surface area contributed by atoms with Crippen LogP contribution in [-0.4, -0.2) is 15.9 Å². The maximum Gasteiger partial charge on any atom is 0.258 e. The first-order valence-corrected chi connectivity index (χ1v) is 7.81. The molecule has 0 unspecified atom stereocenters. The molecule has 0 aliphatic rings. The van der Waals surface area contributed by atoms with Gasteiger partial charge in [-0.3, -0.25) is 4.79 Å². The first-order chi connectivity index (χ1) is 11.6. The van der Waals surface area contributed by atoms with Crippen molar-refractivity contribution in [1.82, 2.24) is 9.97 Å². The lowest BCUT2D eigenvalue weighted by Crippen LogP contribution is -2.14. The average Bonchev–Trinajstić information content (AvgIpc) is 2.57. The van der Waals surface area contributed by atoms with Crippen molar-refractivity contribution in [3.63, 3.8) is 0 Å². The lowest BCUT2D eigenvalue weighted by Gasteiger charge is -2.07. The summed E-state index contributed by atoms with van der Waals surface area (Å²) in [6.07, 6.45) is 2.76. The predicted molar refractivity (Wildman–Crippen MR) is 93.8 cm³/mol. The summed E-state index contributed by atoms with van der Waals surface area (Å²) in [5, 5.41) is 5.51. The van der Waals surface area contributed by atoms with Gasteiger partial charge in [-0.1, -0.05) is 34.1 Å². The summed E-state index contributed by atoms with van der Waals surface area (Å²) in [5.41, 5.74) is 1.16. The number of para-hydroxylation sites is 1. The van der Waals surface area contributed by atoms with Crippen molar-refractivity contribution >= 4 is 39.2 Å². The largest absolute Gasteiger partial charge is 0.324 e. The second kappa shape index (κ2) is 7.18. The van der Waals surface area contributed by atoms with E-state index >= 15 is 0 Å². The third-order valence-electron chi connectivity index (χ3n) is 3.12. The van der Waals surface area contributed by atoms with Crippen molar-refractivity contribution in [2.45, 2.75) is 0 Å². The number of aromatic nitrogens is 2. The van der Waals surface area contributed by atoms with Gasteiger partial charge in [0.2, 0.25) is 5.95 Å². The Labute approximate surface area is 146 Å². The molecule has 0 radical (unpaired) electrons. The van der Waals surface area contributed by atoms with Gasteiger partial charge in [0.1, 0.15) is 5.82 Å². The molecule has 24 heavy (non-hydrogen) atoms. The molecule has 3 rings (SSSR count). The Kier molecular flexibility index (Phi) is 4.81. The summed E-state index contributed by atoms with van der Waals surface area (Å²) >= 11 is 3.38. The van der Waals surface area contributed by atoms with Crippen LogP contribution in [0.1, 0.15) is 10.4 Å². The highest BCUT2D eigenvalue weighted by Crippen LogP contribution is 2.18. The highest BCUT2D eigenvalue weighted by molar-refractivity contribution is 9.10. The van der Waals surface area contributed by atoms with E-state index in [1.54, 1.807) is 12.1 Å². The van der Waals surface area contributed by atoms with Gasteiger partial charge in [-0.05, 0) is 30.3 Å². The van der Waals surface area contributed by atoms with E-state index in [1.807, 2.05) is 24.3 Å². The van der Waals surface area contributed by atoms with E-state index in [1.165, 1.54) is 24.5 Å². The fraction of sp³-hybridized carbons (Fsp3) is 0. The molecular weight excluding hydrogens is 375 g/mol. The normalized spacial score (nSPS) is 10.2. The third kappa shape index (κ3) is 3.94. The zero-order chi connectivity index (χ0) is 16.9. The quantitative estimate of drug-likeness (QED) is 0.698. The van der Waals surface area contributed by atoms with Gasteiger partial charge in [-0.2, -0.15) is 0 Å². The Hall–Kier alpha value is -2.80. The van der Waals surface area contributed by atoms with E-state index in [0.717, 1.165) is 10.2 Å². The van der Waals surface area contributed by atoms with E-state index in [2.05, 4.69) is 36.5 Å². The van der Waals surface area contributed by atoms with Crippen molar-refractivity contribution in [3.05, 3.63) is 76.8 Å². The van der Waals surface area contributed by atoms with Gasteiger partial charge in [0.15, 0.2) is 0 Å². The monoisotopic (exact) mass is 386 g/mol. The number of halogens is 2. The van der Waals surface area contributed by atoms with E-state index in [9.17, 15) is 9.18 Å². The van der Waals surface area contributed by atoms with E-state index in [4.69, 9.17) is 0 Å². The van der Waals surface area contributed by atoms with Crippen LogP contribution >= 0.6 is 15.9 Å². The van der Waals surface area contributed by atoms with Crippen LogP contribution in [0, 0.1) is 5.82 Å². The van der Waals surface area contributed by atoms with E-state index in [-0.39, 0.29) is 11.3 Å². The number of hydrogen-bond donors (Lipinski definition) is 2. The first-order valence-electron chi connectivity index (χ1n) is 7.02. The average molecular weight is 387 g/mol. The maximum absolute atomic E-state index is 13.5. The summed E-state index contributed by atoms with van der Waals surface area (Å²) in [7, 11) is 0. The Morgan fingerprint density at radius 3 is 2.50 bits per heavy atom. The molecule has 0 aliphatic heterocycles. The molecule has 120 valence electrons. The third-order valence-corrected chi connectivity index (χ3v) is 3.61. The smallest absolute Gasteiger partial charge is 0.258 e. The van der Waals surface area contributed by atoms with Gasteiger partial charge in [0, 0.05) is 22.6 Å². The summed E-state index contributed by atoms with van der Waals surface area (Å²) in [5.74, 6) is -0.621. The van der Waals surface area contributed by atoms with Gasteiger partial charge < -0.3 is 10.6 Å². The summed E-state index contributed by atoms with van der Waals surface area (Å²) in [4.78, 5) is 20.3. The highest BCUT2D eigenvalue weighted by atomic mass is 79.9. The topological polar surface area (TPSA) is 66.9 Å². The van der Waals surface area contributed by atoms with Gasteiger partial charge >= 0.3 is 0 Å². The highest BCUT2D eigenvalue weighted by Gasteiger charge is 2.10. The minimum atomic E-state index is -0.500. The zero-order valence-corrected chi connectivity index (χ0v) is 13.9. The van der Waals surface area contributed by atoms with Crippen LogP contribution in [0.25, 0.3) is 0 Å². The number of nitrogens with one attached hydrogen (secondary N) is 2. The Morgan fingerprint density at radius 1 is 1.04 bits per heavy atom. The molecule has 0 saturated carbocycles. The van der Waals surface area contributed by atoms with Crippen molar-refractivity contribution in [2.75, 3.05) is 10.6 Å². The van der Waals surface area contributed by atoms with Crippen molar-refractivity contribution < 1.29 is 9.18 Å². The number of carbonyl (C=O) groups excluding carboxylic acids is 1. The molecule has 3 aromatic rings. The molecule has 0 atom stereocenters. The van der Waals surface area contributed by atoms with Gasteiger partial charge in [-0.15, -0.1) is 0 Å². The van der Waals surface area contributed by atoms with Gasteiger partial charge in [-0.25, -0.2) is 14.4 Å². The van der Waals surface area contributed by atoms with E-state index < -0.39 is 11.7 Å². The molecule has 1 heterocycles. The van der Waals surface area contributed by atoms with Crippen LogP contribution < -0.4 is 10.6 Å². The zero-order valence-electron chi connectivity index (χ0n) is 12.3. The molecule has 0 aliphatic carbocycles. The fourth-order valence-corrected chi connectivity index (χ4v) is 2.36. The van der Waals surface area contributed by atoms with Crippen LogP contribution in [0.5, 0.6) is 0 Å². The lowest BCUT2D eigenvalue weighted by molar-refractivity contribution is 0.102. The first kappa shape index (κ1) is 16.1. The molecular formula is C17H12BrFN4O. The molecule has 1 amide bonds. The number of amides is 1. The van der Waals surface area contributed by atoms with Gasteiger partial charge in [0.05, 0.1) is 11.3 Å². The maximum atomic E-state index is 13.5. The van der Waals surface area contributed by atoms with Crippen LogP contribution in [0.4, 0.5) is 21.7 Å². The summed E-state index contributed by atoms with van der Waals surface area (Å²) in [6, 6.07) is 13.5. The standard InChI is InChI=1S/C17H12BrFN4O/c18-12-4-3-5-13(8-12)22-17-20-9-11(10-21-17)16(24)23-15-7-2-1-6-14(15)19/h1-10H,(H,23,24)(H,20,21,22). The van der Waals surface area contributed by atoms with E-state index in [0.29, 0.717) is 5.95 Å². The molecule has 2 aromatic carbocycles. The minimum Gasteiger partial charge on any atom is -0.324 e. The number of carbonyl (C=O) groups is 1. The van der Waals surface area contributed by atoms with Crippen molar-refractivity contribution in [3.8, 4) is 0 Å². The number of rotatable bonds is 4. The summed E-state index contributed by atoms with van der Waals surface area (Å²) < 4.78 is 14.5. The lowest BCUT2D eigenvalue weighted by atomic mass is 10.2. The molecule has 0 bridgehead atoms. The van der Waals surface area contributed by atoms with Crippen LogP contribution in [0.2, 0.25) is 0 Å². The predicted octanol–water partition coefficient (Wildman–Crippen LogP) is 4.37. The summed E-state index contributed by atoms with van der Waals surface area (Å²) in [6.45, 7) is 0. The minimum absolute atomic E-state index is 0.110. The Morgan fingerprint density at radius 2 is 1.79 bits per heavy atom. The fourth-order valence-electron chi connectivity index (χ4n) is 1.96. The number of nitrogens with zero attached hydrogens (tertiary/aromatic N) is 2. The van der Waals surface area contributed by atoms with Crippen LogP contribution in [0.3, 0.4) is 0 Å². The molecule has 5 nitrogen and oxygen atoms in total. The molecule has 7 heteroatoms. The second-order valence-electron chi connectivity index (χ2n) is 4.86. The number of benzene rings is 2. The molecule has 2 N–H and O–H groups in total. The second-order valence-corrected chi connectivity index (χ2v) is 5.78. The van der Waals surface area contributed by atoms with Crippen LogP contribution in [0.15, 0.2) is 65.4 Å². The SMILES string of the molecule is O=C(Nc1ccccc1F)c1cnc(Nc2cccc(Br)c2)nc1. The Balaban J connectivity index is 1.70. The number of hydrogen-bond acceptors (Lipinski definition) is 4. The van der Waals surface area contributed by atoms with Crippen molar-refractivity contribution in [2.24, 2.45) is 0 Å².